The summed E-state index contributed by atoms with van der Waals surface area (Å²) in [7, 11) is 0. The number of furan rings is 1. The maximum Gasteiger partial charge on any atom is 0.143 e. The number of benzene rings is 6. The van der Waals surface area contributed by atoms with Crippen molar-refractivity contribution in [1.82, 2.24) is 0 Å². The summed E-state index contributed by atoms with van der Waals surface area (Å²) in [4.78, 5) is 0. The number of rotatable bonds is 3. The van der Waals surface area contributed by atoms with Crippen LogP contribution in [-0.4, -0.2) is 0 Å². The summed E-state index contributed by atoms with van der Waals surface area (Å²) < 4.78 is 6.46. The largest absolute Gasteiger partial charge is 0.455 e. The second kappa shape index (κ2) is 8.31. The molecule has 0 spiro atoms. The Morgan fingerprint density at radius 3 is 1.95 bits per heavy atom. The molecular weight excluding hydrogens is 472 g/mol. The van der Waals surface area contributed by atoms with Crippen LogP contribution in [0.3, 0.4) is 0 Å². The molecule has 1 aliphatic carbocycles. The van der Waals surface area contributed by atoms with Gasteiger partial charge >= 0.3 is 0 Å². The van der Waals surface area contributed by atoms with Crippen LogP contribution in [0.25, 0.3) is 44.2 Å². The molecule has 0 fully saturated rings. The smallest absolute Gasteiger partial charge is 0.143 e. The summed E-state index contributed by atoms with van der Waals surface area (Å²) >= 11 is 0. The Hall–Kier alpha value is -4.88. The monoisotopic (exact) mass is 498 g/mol. The van der Waals surface area contributed by atoms with Crippen LogP contribution in [0.1, 0.15) is 27.8 Å². The lowest BCUT2D eigenvalue weighted by atomic mass is 9.67. The average Bonchev–Trinajstić information content (AvgIpc) is 3.52. The highest BCUT2D eigenvalue weighted by molar-refractivity contribution is 6.09. The van der Waals surface area contributed by atoms with E-state index in [2.05, 4.69) is 140 Å². The van der Waals surface area contributed by atoms with Crippen LogP contribution in [0.2, 0.25) is 0 Å². The number of fused-ring (bicyclic) bond motifs is 6. The van der Waals surface area contributed by atoms with E-state index in [9.17, 15) is 0 Å². The molecule has 0 radical (unpaired) electrons. The van der Waals surface area contributed by atoms with E-state index in [1.807, 2.05) is 6.07 Å². The molecule has 1 aromatic heterocycles. The average molecular weight is 499 g/mol. The highest BCUT2D eigenvalue weighted by atomic mass is 16.3. The molecule has 39 heavy (non-hydrogen) atoms. The first-order valence-electron chi connectivity index (χ1n) is 13.5. The highest BCUT2D eigenvalue weighted by Gasteiger charge is 2.46. The van der Waals surface area contributed by atoms with Crippen molar-refractivity contribution in [2.24, 2.45) is 0 Å². The Morgan fingerprint density at radius 2 is 1.18 bits per heavy atom. The van der Waals surface area contributed by atoms with E-state index in [1.165, 1.54) is 44.5 Å². The molecule has 1 aliphatic rings. The van der Waals surface area contributed by atoms with Crippen molar-refractivity contribution < 1.29 is 4.42 Å². The highest BCUT2D eigenvalue weighted by Crippen LogP contribution is 2.57. The minimum Gasteiger partial charge on any atom is -0.455 e. The molecule has 0 saturated heterocycles. The quantitative estimate of drug-likeness (QED) is 0.236. The fraction of sp³-hybridized carbons (Fsp3) is 0.0526. The number of para-hydroxylation sites is 2. The third kappa shape index (κ3) is 3.02. The molecule has 184 valence electrons. The summed E-state index contributed by atoms with van der Waals surface area (Å²) in [5, 5.41) is 2.31. The van der Waals surface area contributed by atoms with Gasteiger partial charge in [-0.1, -0.05) is 127 Å². The molecular formula is C38H26O. The molecule has 0 atom stereocenters. The zero-order valence-electron chi connectivity index (χ0n) is 21.7. The zero-order valence-corrected chi connectivity index (χ0v) is 21.7. The minimum absolute atomic E-state index is 0.420. The van der Waals surface area contributed by atoms with Gasteiger partial charge in [-0.3, -0.25) is 0 Å². The number of hydrogen-bond donors (Lipinski definition) is 0. The fourth-order valence-corrected chi connectivity index (χ4v) is 6.86. The predicted octanol–water partition coefficient (Wildman–Crippen LogP) is 9.92. The number of aryl methyl sites for hydroxylation is 1. The summed E-state index contributed by atoms with van der Waals surface area (Å²) in [6.07, 6.45) is 0. The molecule has 1 nitrogen and oxygen atoms in total. The van der Waals surface area contributed by atoms with Gasteiger partial charge in [0.05, 0.1) is 5.41 Å². The van der Waals surface area contributed by atoms with Crippen LogP contribution in [0.4, 0.5) is 0 Å². The Balaban J connectivity index is 1.48. The molecule has 6 aromatic carbocycles. The fourth-order valence-electron chi connectivity index (χ4n) is 6.86. The van der Waals surface area contributed by atoms with Crippen LogP contribution >= 0.6 is 0 Å². The first-order chi connectivity index (χ1) is 19.3. The molecule has 1 heteroatoms. The molecule has 0 amide bonds. The van der Waals surface area contributed by atoms with Crippen LogP contribution < -0.4 is 0 Å². The Kier molecular flexibility index (Phi) is 4.72. The number of hydrogen-bond acceptors (Lipinski definition) is 1. The normalized spacial score (nSPS) is 13.5. The van der Waals surface area contributed by atoms with Gasteiger partial charge in [0.2, 0.25) is 0 Å². The van der Waals surface area contributed by atoms with Crippen molar-refractivity contribution in [2.75, 3.05) is 0 Å². The van der Waals surface area contributed by atoms with Gasteiger partial charge in [-0.25, -0.2) is 0 Å². The van der Waals surface area contributed by atoms with E-state index >= 15 is 0 Å². The third-order valence-corrected chi connectivity index (χ3v) is 8.50. The second-order valence-electron chi connectivity index (χ2n) is 10.5. The second-order valence-corrected chi connectivity index (χ2v) is 10.5. The standard InChI is InChI=1S/C38H26O/c1-25-12-10-20-33-36(25)32-23-22-26(29-18-11-19-31-30-17-8-9-21-35(30)39-37(29)31)24-34(32)38(33,27-13-4-2-5-14-27)28-15-6-3-7-16-28/h2-24H,1H3. The van der Waals surface area contributed by atoms with Gasteiger partial charge in [0.25, 0.3) is 0 Å². The lowest BCUT2D eigenvalue weighted by Crippen LogP contribution is -2.28. The van der Waals surface area contributed by atoms with Gasteiger partial charge in [-0.05, 0) is 63.6 Å². The van der Waals surface area contributed by atoms with Gasteiger partial charge in [0, 0.05) is 16.3 Å². The van der Waals surface area contributed by atoms with Gasteiger partial charge < -0.3 is 4.42 Å². The third-order valence-electron chi connectivity index (χ3n) is 8.50. The zero-order chi connectivity index (χ0) is 26.0. The topological polar surface area (TPSA) is 13.1 Å². The summed E-state index contributed by atoms with van der Waals surface area (Å²) in [6.45, 7) is 2.23. The van der Waals surface area contributed by atoms with E-state index < -0.39 is 5.41 Å². The molecule has 0 bridgehead atoms. The molecule has 0 N–H and O–H groups in total. The van der Waals surface area contributed by atoms with E-state index in [1.54, 1.807) is 0 Å². The molecule has 1 heterocycles. The van der Waals surface area contributed by atoms with Crippen LogP contribution in [0, 0.1) is 6.92 Å². The van der Waals surface area contributed by atoms with Gasteiger partial charge in [0.1, 0.15) is 11.2 Å². The van der Waals surface area contributed by atoms with Crippen molar-refractivity contribution in [3.63, 3.8) is 0 Å². The first-order valence-corrected chi connectivity index (χ1v) is 13.5. The summed E-state index contributed by atoms with van der Waals surface area (Å²) in [6, 6.07) is 50.5. The van der Waals surface area contributed by atoms with E-state index in [0.717, 1.165) is 27.5 Å². The van der Waals surface area contributed by atoms with Crippen molar-refractivity contribution >= 4 is 21.9 Å². The molecule has 7 aromatic rings. The lowest BCUT2D eigenvalue weighted by molar-refractivity contribution is 0.670. The van der Waals surface area contributed by atoms with Crippen molar-refractivity contribution in [1.29, 1.82) is 0 Å². The van der Waals surface area contributed by atoms with Crippen LogP contribution in [0.15, 0.2) is 144 Å². The maximum atomic E-state index is 6.46. The minimum atomic E-state index is -0.420. The van der Waals surface area contributed by atoms with E-state index in [4.69, 9.17) is 4.42 Å². The van der Waals surface area contributed by atoms with E-state index in [0.29, 0.717) is 0 Å². The first kappa shape index (κ1) is 22.1. The van der Waals surface area contributed by atoms with Crippen molar-refractivity contribution in [3.05, 3.63) is 167 Å². The van der Waals surface area contributed by atoms with Gasteiger partial charge in [0.15, 0.2) is 0 Å². The molecule has 0 aliphatic heterocycles. The molecule has 8 rings (SSSR count). The van der Waals surface area contributed by atoms with Crippen LogP contribution in [-0.2, 0) is 5.41 Å². The predicted molar refractivity (Wildman–Crippen MR) is 161 cm³/mol. The van der Waals surface area contributed by atoms with Crippen LogP contribution in [0.5, 0.6) is 0 Å². The van der Waals surface area contributed by atoms with E-state index in [-0.39, 0.29) is 0 Å². The van der Waals surface area contributed by atoms with Gasteiger partial charge in [-0.15, -0.1) is 0 Å². The molecule has 0 saturated carbocycles. The maximum absolute atomic E-state index is 6.46. The Bertz CT molecular complexity index is 1970. The van der Waals surface area contributed by atoms with Crippen molar-refractivity contribution in [3.8, 4) is 22.3 Å². The van der Waals surface area contributed by atoms with Crippen molar-refractivity contribution in [2.45, 2.75) is 12.3 Å². The summed E-state index contributed by atoms with van der Waals surface area (Å²) in [5.74, 6) is 0. The molecule has 0 unspecified atom stereocenters. The van der Waals surface area contributed by atoms with Gasteiger partial charge in [-0.2, -0.15) is 0 Å². The Morgan fingerprint density at radius 1 is 0.513 bits per heavy atom. The lowest BCUT2D eigenvalue weighted by Gasteiger charge is -2.34. The SMILES string of the molecule is Cc1cccc2c1-c1ccc(-c3cccc4c3oc3ccccc34)cc1C2(c1ccccc1)c1ccccc1. The summed E-state index contributed by atoms with van der Waals surface area (Å²) in [5.41, 5.74) is 12.9. The Labute approximate surface area is 228 Å².